The molecule has 1 N–H and O–H groups in total. The summed E-state index contributed by atoms with van der Waals surface area (Å²) in [4.78, 5) is 35.4. The number of hydrogen-bond acceptors (Lipinski definition) is 4. The molecule has 4 rings (SSSR count). The second-order valence-corrected chi connectivity index (χ2v) is 6.27. The number of carbonyl (C=O) groups is 2. The number of amides is 2. The van der Waals surface area contributed by atoms with E-state index in [0.717, 1.165) is 23.4 Å². The van der Waals surface area contributed by atoms with Crippen molar-refractivity contribution in [1.29, 1.82) is 0 Å². The Balaban J connectivity index is 1.49. The largest absolute Gasteiger partial charge is 0.346 e. The van der Waals surface area contributed by atoms with Crippen molar-refractivity contribution >= 4 is 17.5 Å². The van der Waals surface area contributed by atoms with Gasteiger partial charge in [0.15, 0.2) is 0 Å². The van der Waals surface area contributed by atoms with Crippen molar-refractivity contribution in [1.82, 2.24) is 15.3 Å². The average molecular weight is 358 g/mol. The zero-order chi connectivity index (χ0) is 18.6. The van der Waals surface area contributed by atoms with Crippen molar-refractivity contribution in [2.75, 3.05) is 11.4 Å². The summed E-state index contributed by atoms with van der Waals surface area (Å²) in [6.45, 7) is 0.945. The molecule has 1 aliphatic rings. The van der Waals surface area contributed by atoms with Gasteiger partial charge in [0.2, 0.25) is 0 Å². The molecule has 0 spiro atoms. The molecule has 6 nitrogen and oxygen atoms in total. The summed E-state index contributed by atoms with van der Waals surface area (Å²) in [5.74, 6) is -0.460. The number of hydrogen-bond donors (Lipinski definition) is 1. The van der Waals surface area contributed by atoms with Crippen LogP contribution in [0.1, 0.15) is 32.1 Å². The van der Waals surface area contributed by atoms with E-state index in [2.05, 4.69) is 15.3 Å². The fraction of sp³-hybridized carbons (Fsp3) is 0.143. The number of pyridine rings is 2. The van der Waals surface area contributed by atoms with Gasteiger partial charge in [0.05, 0.1) is 12.2 Å². The molecule has 0 saturated heterocycles. The fourth-order valence-electron chi connectivity index (χ4n) is 3.15. The minimum absolute atomic E-state index is 0.195. The quantitative estimate of drug-likeness (QED) is 0.778. The molecule has 27 heavy (non-hydrogen) atoms. The Morgan fingerprint density at radius 3 is 2.70 bits per heavy atom. The lowest BCUT2D eigenvalue weighted by Crippen LogP contribution is -2.30. The number of anilines is 1. The molecule has 2 amide bonds. The summed E-state index contributed by atoms with van der Waals surface area (Å²) in [7, 11) is 0. The van der Waals surface area contributed by atoms with E-state index in [4.69, 9.17) is 0 Å². The third-order valence-electron chi connectivity index (χ3n) is 4.53. The van der Waals surface area contributed by atoms with Crippen molar-refractivity contribution in [3.05, 3.63) is 89.5 Å². The van der Waals surface area contributed by atoms with Crippen LogP contribution < -0.4 is 10.2 Å². The van der Waals surface area contributed by atoms with E-state index in [0.29, 0.717) is 18.7 Å². The highest BCUT2D eigenvalue weighted by atomic mass is 16.2. The molecule has 0 radical (unpaired) electrons. The van der Waals surface area contributed by atoms with Crippen molar-refractivity contribution < 1.29 is 9.59 Å². The van der Waals surface area contributed by atoms with E-state index >= 15 is 0 Å². The predicted molar refractivity (Wildman–Crippen MR) is 101 cm³/mol. The van der Waals surface area contributed by atoms with Crippen LogP contribution in [0.4, 0.5) is 5.69 Å². The van der Waals surface area contributed by atoms with Crippen LogP contribution in [0.3, 0.4) is 0 Å². The lowest BCUT2D eigenvalue weighted by Gasteiger charge is -2.17. The molecule has 3 aromatic rings. The fourth-order valence-corrected chi connectivity index (χ4v) is 3.15. The van der Waals surface area contributed by atoms with Crippen LogP contribution in [-0.2, 0) is 13.0 Å². The molecule has 0 bridgehead atoms. The normalized spacial score (nSPS) is 12.5. The molecular formula is C21H18N4O2. The lowest BCUT2D eigenvalue weighted by atomic mass is 10.1. The minimum atomic E-state index is -0.265. The molecule has 6 heteroatoms. The van der Waals surface area contributed by atoms with Crippen LogP contribution in [0.5, 0.6) is 0 Å². The van der Waals surface area contributed by atoms with Gasteiger partial charge < -0.3 is 10.2 Å². The number of para-hydroxylation sites is 1. The Morgan fingerprint density at radius 2 is 1.85 bits per heavy atom. The van der Waals surface area contributed by atoms with Crippen LogP contribution in [0.25, 0.3) is 0 Å². The molecule has 0 unspecified atom stereocenters. The number of nitrogens with zero attached hydrogens (tertiary/aromatic N) is 3. The number of nitrogens with one attached hydrogen (secondary N) is 1. The van der Waals surface area contributed by atoms with Gasteiger partial charge in [-0.3, -0.25) is 19.6 Å². The van der Waals surface area contributed by atoms with Crippen LogP contribution in [0.2, 0.25) is 0 Å². The SMILES string of the molecule is O=C(NCc1ccccn1)c1ccnc(C(=O)N2CCc3ccccc32)c1. The summed E-state index contributed by atoms with van der Waals surface area (Å²) in [5, 5.41) is 2.81. The number of aromatic nitrogens is 2. The van der Waals surface area contributed by atoms with E-state index in [1.807, 2.05) is 42.5 Å². The van der Waals surface area contributed by atoms with E-state index in [1.54, 1.807) is 17.2 Å². The molecule has 134 valence electrons. The molecule has 0 saturated carbocycles. The highest BCUT2D eigenvalue weighted by molar-refractivity contribution is 6.07. The van der Waals surface area contributed by atoms with Crippen molar-refractivity contribution in [3.8, 4) is 0 Å². The van der Waals surface area contributed by atoms with Gasteiger partial charge in [-0.2, -0.15) is 0 Å². The monoisotopic (exact) mass is 358 g/mol. The van der Waals surface area contributed by atoms with Crippen LogP contribution >= 0.6 is 0 Å². The van der Waals surface area contributed by atoms with Gasteiger partial charge in [-0.05, 0) is 42.3 Å². The molecule has 1 aromatic carbocycles. The van der Waals surface area contributed by atoms with E-state index in [-0.39, 0.29) is 17.5 Å². The summed E-state index contributed by atoms with van der Waals surface area (Å²) < 4.78 is 0. The topological polar surface area (TPSA) is 75.2 Å². The zero-order valence-corrected chi connectivity index (χ0v) is 14.6. The highest BCUT2D eigenvalue weighted by Gasteiger charge is 2.26. The smallest absolute Gasteiger partial charge is 0.276 e. The second kappa shape index (κ2) is 7.37. The Bertz CT molecular complexity index is 988. The van der Waals surface area contributed by atoms with E-state index in [9.17, 15) is 9.59 Å². The van der Waals surface area contributed by atoms with Crippen molar-refractivity contribution in [2.24, 2.45) is 0 Å². The Kier molecular flexibility index (Phi) is 4.61. The first-order valence-electron chi connectivity index (χ1n) is 8.76. The second-order valence-electron chi connectivity index (χ2n) is 6.27. The van der Waals surface area contributed by atoms with Gasteiger partial charge in [0.25, 0.3) is 11.8 Å². The molecule has 1 aliphatic heterocycles. The van der Waals surface area contributed by atoms with Gasteiger partial charge in [0.1, 0.15) is 5.69 Å². The highest BCUT2D eigenvalue weighted by Crippen LogP contribution is 2.28. The van der Waals surface area contributed by atoms with E-state index in [1.165, 1.54) is 12.3 Å². The van der Waals surface area contributed by atoms with Gasteiger partial charge >= 0.3 is 0 Å². The van der Waals surface area contributed by atoms with Gasteiger partial charge in [-0.15, -0.1) is 0 Å². The van der Waals surface area contributed by atoms with Crippen molar-refractivity contribution in [2.45, 2.75) is 13.0 Å². The third-order valence-corrected chi connectivity index (χ3v) is 4.53. The van der Waals surface area contributed by atoms with Gasteiger partial charge in [0, 0.05) is 30.2 Å². The van der Waals surface area contributed by atoms with E-state index < -0.39 is 0 Å². The van der Waals surface area contributed by atoms with Crippen LogP contribution in [-0.4, -0.2) is 28.3 Å². The van der Waals surface area contributed by atoms with Crippen LogP contribution in [0.15, 0.2) is 67.0 Å². The summed E-state index contributed by atoms with van der Waals surface area (Å²) in [6, 6.07) is 16.5. The maximum Gasteiger partial charge on any atom is 0.276 e. The Hall–Kier alpha value is -3.54. The third kappa shape index (κ3) is 3.55. The van der Waals surface area contributed by atoms with Gasteiger partial charge in [-0.25, -0.2) is 0 Å². The first-order chi connectivity index (χ1) is 13.2. The summed E-state index contributed by atoms with van der Waals surface area (Å²) in [5.41, 5.74) is 3.49. The Morgan fingerprint density at radius 1 is 1.00 bits per heavy atom. The maximum atomic E-state index is 12.9. The molecule has 0 aliphatic carbocycles. The molecular weight excluding hydrogens is 340 g/mol. The Labute approximate surface area is 156 Å². The summed E-state index contributed by atoms with van der Waals surface area (Å²) >= 11 is 0. The first-order valence-corrected chi connectivity index (χ1v) is 8.76. The summed E-state index contributed by atoms with van der Waals surface area (Å²) in [6.07, 6.45) is 4.00. The van der Waals surface area contributed by atoms with Gasteiger partial charge in [-0.1, -0.05) is 24.3 Å². The number of benzene rings is 1. The van der Waals surface area contributed by atoms with Crippen molar-refractivity contribution in [3.63, 3.8) is 0 Å². The zero-order valence-electron chi connectivity index (χ0n) is 14.6. The predicted octanol–water partition coefficient (Wildman–Crippen LogP) is 2.61. The van der Waals surface area contributed by atoms with Crippen LogP contribution in [0, 0.1) is 0 Å². The standard InChI is InChI=1S/C21H18N4O2/c26-20(24-14-17-6-3-4-10-22-17)16-8-11-23-18(13-16)21(27)25-12-9-15-5-1-2-7-19(15)25/h1-8,10-11,13H,9,12,14H2,(H,24,26). The lowest BCUT2D eigenvalue weighted by molar-refractivity contribution is 0.0950. The molecule has 0 atom stereocenters. The number of carbonyl (C=O) groups excluding carboxylic acids is 2. The molecule has 3 heterocycles. The maximum absolute atomic E-state index is 12.9. The average Bonchev–Trinajstić information content (AvgIpc) is 3.16. The first kappa shape index (κ1) is 16.9. The molecule has 2 aromatic heterocycles. The number of fused-ring (bicyclic) bond motifs is 1. The minimum Gasteiger partial charge on any atom is -0.346 e. The molecule has 0 fully saturated rings. The number of rotatable bonds is 4.